The van der Waals surface area contributed by atoms with Crippen LogP contribution in [-0.4, -0.2) is 55.5 Å². The molecule has 11 nitrogen and oxygen atoms in total. The first-order chi connectivity index (χ1) is 23.3. The summed E-state index contributed by atoms with van der Waals surface area (Å²) in [6.45, 7) is 8.08. The molecule has 0 bridgehead atoms. The van der Waals surface area contributed by atoms with Crippen molar-refractivity contribution in [3.8, 4) is 11.5 Å². The largest absolute Gasteiger partial charge is 0.493 e. The van der Waals surface area contributed by atoms with Crippen molar-refractivity contribution >= 4 is 40.6 Å². The summed E-state index contributed by atoms with van der Waals surface area (Å²) in [6, 6.07) is 32.5. The van der Waals surface area contributed by atoms with Crippen LogP contribution in [0, 0.1) is 0 Å². The Morgan fingerprint density at radius 2 is 1.38 bits per heavy atom. The fraction of sp³-hybridized carbons (Fsp3) is 0.243. The van der Waals surface area contributed by atoms with Crippen molar-refractivity contribution in [1.82, 2.24) is 10.6 Å². The van der Waals surface area contributed by atoms with Crippen LogP contribution in [0.3, 0.4) is 0 Å². The van der Waals surface area contributed by atoms with E-state index in [9.17, 15) is 14.4 Å². The molecule has 0 fully saturated rings. The average molecular weight is 649 g/mol. The number of rotatable bonds is 14. The predicted molar refractivity (Wildman–Crippen MR) is 187 cm³/mol. The lowest BCUT2D eigenvalue weighted by Gasteiger charge is -2.31. The number of hydrazone groups is 1. The third-order valence-electron chi connectivity index (χ3n) is 7.68. The van der Waals surface area contributed by atoms with Crippen LogP contribution in [0.1, 0.15) is 37.6 Å². The van der Waals surface area contributed by atoms with E-state index in [2.05, 4.69) is 39.8 Å². The van der Waals surface area contributed by atoms with Crippen LogP contribution >= 0.6 is 0 Å². The summed E-state index contributed by atoms with van der Waals surface area (Å²) in [4.78, 5) is 42.6. The Morgan fingerprint density at radius 3 is 1.96 bits per heavy atom. The van der Waals surface area contributed by atoms with Crippen LogP contribution in [-0.2, 0) is 9.59 Å². The number of carbonyl (C=O) groups is 3. The molecule has 4 aromatic carbocycles. The highest BCUT2D eigenvalue weighted by Crippen LogP contribution is 2.29. The number of ether oxygens (including phenoxy) is 2. The van der Waals surface area contributed by atoms with Gasteiger partial charge in [-0.2, -0.15) is 5.01 Å². The highest BCUT2D eigenvalue weighted by atomic mass is 16.5. The van der Waals surface area contributed by atoms with Crippen LogP contribution in [0.25, 0.3) is 0 Å². The van der Waals surface area contributed by atoms with Crippen molar-refractivity contribution in [2.24, 2.45) is 5.10 Å². The van der Waals surface area contributed by atoms with Crippen LogP contribution < -0.4 is 35.3 Å². The number of hydrogen-bond donors (Lipinski definition) is 3. The minimum atomic E-state index is -1.90. The van der Waals surface area contributed by atoms with Gasteiger partial charge in [0.1, 0.15) is 11.5 Å². The van der Waals surface area contributed by atoms with Gasteiger partial charge in [-0.1, -0.05) is 36.4 Å². The number of nitrogens with one attached hydrogen (secondary N) is 3. The van der Waals surface area contributed by atoms with Gasteiger partial charge in [0.2, 0.25) is 5.91 Å². The fourth-order valence-corrected chi connectivity index (χ4v) is 5.26. The van der Waals surface area contributed by atoms with Gasteiger partial charge in [-0.15, -0.1) is 5.10 Å². The van der Waals surface area contributed by atoms with E-state index in [1.54, 1.807) is 48.5 Å². The van der Waals surface area contributed by atoms with E-state index in [1.807, 2.05) is 60.7 Å². The Labute approximate surface area is 280 Å². The van der Waals surface area contributed by atoms with Crippen molar-refractivity contribution in [3.63, 3.8) is 0 Å². The monoisotopic (exact) mass is 648 g/mol. The first-order valence-corrected chi connectivity index (χ1v) is 16.0. The number of nitrogens with zero attached hydrogens (tertiary/aromatic N) is 3. The molecule has 1 atom stereocenters. The Bertz CT molecular complexity index is 1710. The van der Waals surface area contributed by atoms with E-state index in [-0.39, 0.29) is 5.84 Å². The third-order valence-corrected chi connectivity index (χ3v) is 7.68. The summed E-state index contributed by atoms with van der Waals surface area (Å²) >= 11 is 0. The van der Waals surface area contributed by atoms with E-state index >= 15 is 0 Å². The zero-order valence-electron chi connectivity index (χ0n) is 27.3. The van der Waals surface area contributed by atoms with Crippen LogP contribution in [0.4, 0.5) is 17.1 Å². The molecular weight excluding hydrogens is 608 g/mol. The molecule has 5 rings (SSSR count). The zero-order chi connectivity index (χ0) is 33.9. The maximum atomic E-state index is 14.2. The molecule has 48 heavy (non-hydrogen) atoms. The van der Waals surface area contributed by atoms with Gasteiger partial charge in [-0.25, -0.2) is 0 Å². The molecule has 0 aliphatic carbocycles. The molecule has 11 heteroatoms. The maximum Gasteiger partial charge on any atom is 0.302 e. The van der Waals surface area contributed by atoms with E-state index in [0.29, 0.717) is 42.3 Å². The molecule has 1 heterocycles. The van der Waals surface area contributed by atoms with Gasteiger partial charge < -0.3 is 30.3 Å². The molecule has 248 valence electrons. The number of hydrogen-bond acceptors (Lipinski definition) is 8. The molecule has 1 aliphatic rings. The number of benzene rings is 4. The van der Waals surface area contributed by atoms with Crippen molar-refractivity contribution in [1.29, 1.82) is 0 Å². The molecule has 4 aromatic rings. The molecule has 3 amide bonds. The fourth-order valence-electron chi connectivity index (χ4n) is 5.26. The second-order valence-electron chi connectivity index (χ2n) is 11.0. The summed E-state index contributed by atoms with van der Waals surface area (Å²) in [5, 5.41) is 14.4. The van der Waals surface area contributed by atoms with E-state index < -0.39 is 23.4 Å². The highest BCUT2D eigenvalue weighted by molar-refractivity contribution is 6.28. The van der Waals surface area contributed by atoms with Gasteiger partial charge in [-0.3, -0.25) is 14.4 Å². The van der Waals surface area contributed by atoms with Crippen molar-refractivity contribution in [3.05, 3.63) is 115 Å². The number of amides is 3. The minimum absolute atomic E-state index is 0.0804. The second-order valence-corrected chi connectivity index (χ2v) is 11.0. The SMILES string of the molecule is CCN(CC)c1ccc(NC2(NC(C)=O)C(=O)N(c3ccccc3)N=C2NC(=O)c2ccc(OCCCOc3ccccc3)cc2)cc1. The predicted octanol–water partition coefficient (Wildman–Crippen LogP) is 5.42. The van der Waals surface area contributed by atoms with E-state index in [4.69, 9.17) is 9.47 Å². The highest BCUT2D eigenvalue weighted by Gasteiger charge is 2.54. The number of para-hydroxylation sites is 2. The van der Waals surface area contributed by atoms with Crippen molar-refractivity contribution in [2.75, 3.05) is 41.5 Å². The summed E-state index contributed by atoms with van der Waals surface area (Å²) in [7, 11) is 0. The molecule has 1 aliphatic heterocycles. The van der Waals surface area contributed by atoms with Crippen molar-refractivity contribution < 1.29 is 23.9 Å². The summed E-state index contributed by atoms with van der Waals surface area (Å²) in [5.74, 6) is -0.289. The number of anilines is 3. The molecule has 0 saturated carbocycles. The molecular formula is C37H40N6O5. The normalized spacial score (nSPS) is 15.4. The van der Waals surface area contributed by atoms with Gasteiger partial charge in [-0.05, 0) is 86.6 Å². The lowest BCUT2D eigenvalue weighted by atomic mass is 10.1. The first kappa shape index (κ1) is 33.5. The summed E-state index contributed by atoms with van der Waals surface area (Å²) < 4.78 is 11.5. The topological polar surface area (TPSA) is 125 Å². The van der Waals surface area contributed by atoms with Crippen LogP contribution in [0.15, 0.2) is 114 Å². The smallest absolute Gasteiger partial charge is 0.302 e. The first-order valence-electron chi connectivity index (χ1n) is 16.0. The second kappa shape index (κ2) is 15.6. The molecule has 0 spiro atoms. The number of carbonyl (C=O) groups excluding carboxylic acids is 3. The number of amidine groups is 1. The molecule has 0 aromatic heterocycles. The third kappa shape index (κ3) is 7.92. The summed E-state index contributed by atoms with van der Waals surface area (Å²) in [6.07, 6.45) is 0.680. The quantitative estimate of drug-likeness (QED) is 0.123. The van der Waals surface area contributed by atoms with Gasteiger partial charge >= 0.3 is 5.91 Å². The summed E-state index contributed by atoms with van der Waals surface area (Å²) in [5.41, 5.74) is 0.427. The Kier molecular flexibility index (Phi) is 10.9. The zero-order valence-corrected chi connectivity index (χ0v) is 27.3. The lowest BCUT2D eigenvalue weighted by molar-refractivity contribution is -0.127. The Hall–Kier alpha value is -5.84. The van der Waals surface area contributed by atoms with Gasteiger partial charge in [0, 0.05) is 43.4 Å². The van der Waals surface area contributed by atoms with E-state index in [1.165, 1.54) is 11.9 Å². The van der Waals surface area contributed by atoms with Gasteiger partial charge in [0.05, 0.1) is 18.9 Å². The van der Waals surface area contributed by atoms with Gasteiger partial charge in [0.15, 0.2) is 5.84 Å². The Morgan fingerprint density at radius 1 is 0.792 bits per heavy atom. The molecule has 1 unspecified atom stereocenters. The van der Waals surface area contributed by atoms with Gasteiger partial charge in [0.25, 0.3) is 11.6 Å². The van der Waals surface area contributed by atoms with Crippen LogP contribution in [0.5, 0.6) is 11.5 Å². The van der Waals surface area contributed by atoms with Crippen LogP contribution in [0.2, 0.25) is 0 Å². The van der Waals surface area contributed by atoms with Crippen molar-refractivity contribution in [2.45, 2.75) is 32.9 Å². The maximum absolute atomic E-state index is 14.2. The Balaban J connectivity index is 1.33. The molecule has 0 radical (unpaired) electrons. The lowest BCUT2D eigenvalue weighted by Crippen LogP contribution is -2.67. The average Bonchev–Trinajstić information content (AvgIpc) is 3.36. The minimum Gasteiger partial charge on any atom is -0.493 e. The standard InChI is InChI=1S/C37H40N6O5/c1-4-42(5-2)30-21-19-29(20-22-30)40-37(39-27(3)44)35(41-43(36(37)46)31-13-8-6-9-14-31)38-34(45)28-17-23-33(24-18-28)48-26-12-25-47-32-15-10-7-11-16-32/h6-11,13-24,40H,4-5,12,25-26H2,1-3H3,(H,39,44)(H,38,41,45). The molecule has 0 saturated heterocycles. The molecule has 3 N–H and O–H groups in total. The van der Waals surface area contributed by atoms with E-state index in [0.717, 1.165) is 24.5 Å².